The number of amides is 2. The van der Waals surface area contributed by atoms with Crippen molar-refractivity contribution < 1.29 is 18.4 Å². The van der Waals surface area contributed by atoms with Gasteiger partial charge in [-0.05, 0) is 24.3 Å². The molecule has 3 aromatic rings. The topological polar surface area (TPSA) is 78.1 Å². The van der Waals surface area contributed by atoms with E-state index in [9.17, 15) is 18.4 Å². The van der Waals surface area contributed by atoms with Crippen molar-refractivity contribution >= 4 is 46.1 Å². The van der Waals surface area contributed by atoms with Gasteiger partial charge in [-0.15, -0.1) is 0 Å². The number of aromatic nitrogens is 2. The average Bonchev–Trinajstić information content (AvgIpc) is 3.19. The van der Waals surface area contributed by atoms with Gasteiger partial charge in [0.1, 0.15) is 17.2 Å². The molecule has 9 heteroatoms. The van der Waals surface area contributed by atoms with Gasteiger partial charge in [0, 0.05) is 19.0 Å². The van der Waals surface area contributed by atoms with Crippen molar-refractivity contribution in [3.8, 4) is 0 Å². The Labute approximate surface area is 157 Å². The summed E-state index contributed by atoms with van der Waals surface area (Å²) in [5.74, 6) is -2.90. The summed E-state index contributed by atoms with van der Waals surface area (Å²) in [6, 6.07) is 8.15. The van der Waals surface area contributed by atoms with E-state index in [2.05, 4.69) is 15.3 Å². The summed E-state index contributed by atoms with van der Waals surface area (Å²) >= 11 is 6.06. The first kappa shape index (κ1) is 17.4. The van der Waals surface area contributed by atoms with Gasteiger partial charge in [0.2, 0.25) is 17.8 Å². The molecular formula is C18H13ClF2N4O2. The van der Waals surface area contributed by atoms with Gasteiger partial charge in [-0.1, -0.05) is 17.7 Å². The molecule has 2 amide bonds. The quantitative estimate of drug-likeness (QED) is 0.718. The average molecular weight is 391 g/mol. The fourth-order valence-corrected chi connectivity index (χ4v) is 3.31. The maximum absolute atomic E-state index is 13.9. The highest BCUT2D eigenvalue weighted by Gasteiger charge is 2.36. The van der Waals surface area contributed by atoms with Crippen LogP contribution in [0.3, 0.4) is 0 Å². The lowest BCUT2D eigenvalue weighted by molar-refractivity contribution is -0.122. The van der Waals surface area contributed by atoms with Crippen molar-refractivity contribution in [3.05, 3.63) is 53.1 Å². The Kier molecular flexibility index (Phi) is 4.27. The summed E-state index contributed by atoms with van der Waals surface area (Å²) in [7, 11) is 0. The molecule has 1 aromatic heterocycles. The number of para-hydroxylation sites is 1. The molecule has 4 rings (SSSR count). The summed E-state index contributed by atoms with van der Waals surface area (Å²) in [5.41, 5.74) is 1.13. The van der Waals surface area contributed by atoms with Gasteiger partial charge in [-0.3, -0.25) is 14.9 Å². The lowest BCUT2D eigenvalue weighted by Gasteiger charge is -2.17. The van der Waals surface area contributed by atoms with E-state index in [1.54, 1.807) is 18.2 Å². The zero-order chi connectivity index (χ0) is 19.1. The first-order valence-corrected chi connectivity index (χ1v) is 8.50. The van der Waals surface area contributed by atoms with Gasteiger partial charge in [0.05, 0.1) is 22.1 Å². The molecule has 0 spiro atoms. The predicted octanol–water partition coefficient (Wildman–Crippen LogP) is 3.49. The van der Waals surface area contributed by atoms with E-state index in [4.69, 9.17) is 11.6 Å². The molecule has 0 aliphatic carbocycles. The van der Waals surface area contributed by atoms with Crippen LogP contribution < -0.4 is 10.2 Å². The number of nitrogens with zero attached hydrogens (tertiary/aromatic N) is 2. The number of halogens is 3. The second-order valence-corrected chi connectivity index (χ2v) is 6.62. The van der Waals surface area contributed by atoms with E-state index < -0.39 is 29.4 Å². The van der Waals surface area contributed by atoms with Crippen molar-refractivity contribution in [2.24, 2.45) is 5.92 Å². The highest BCUT2D eigenvalue weighted by atomic mass is 35.5. The molecule has 1 aliphatic rings. The minimum Gasteiger partial charge on any atom is -0.324 e. The maximum atomic E-state index is 13.9. The Hall–Kier alpha value is -3.00. The molecule has 27 heavy (non-hydrogen) atoms. The van der Waals surface area contributed by atoms with E-state index in [0.29, 0.717) is 22.1 Å². The standard InChI is InChI=1S/C18H13ClF2N4O2/c19-11-2-1-3-13-16(11)23-18(22-13)24-17(27)9-6-15(26)25(8-9)14-5-4-10(20)7-12(14)21/h1-5,7,9H,6,8H2,(H2,22,23,24,27). The number of aromatic amines is 1. The molecule has 138 valence electrons. The van der Waals surface area contributed by atoms with Crippen molar-refractivity contribution in [1.82, 2.24) is 9.97 Å². The van der Waals surface area contributed by atoms with Crippen molar-refractivity contribution in [2.75, 3.05) is 16.8 Å². The van der Waals surface area contributed by atoms with Gasteiger partial charge in [0.25, 0.3) is 0 Å². The Morgan fingerprint density at radius 3 is 2.85 bits per heavy atom. The Bertz CT molecular complexity index is 1070. The number of hydrogen-bond donors (Lipinski definition) is 2. The van der Waals surface area contributed by atoms with Crippen molar-refractivity contribution in [3.63, 3.8) is 0 Å². The minimum atomic E-state index is -0.851. The fraction of sp³-hybridized carbons (Fsp3) is 0.167. The first-order chi connectivity index (χ1) is 12.9. The summed E-state index contributed by atoms with van der Waals surface area (Å²) < 4.78 is 27.0. The van der Waals surface area contributed by atoms with Crippen LogP contribution in [-0.4, -0.2) is 28.3 Å². The minimum absolute atomic E-state index is 0.00575. The molecule has 2 N–H and O–H groups in total. The zero-order valence-electron chi connectivity index (χ0n) is 13.8. The Morgan fingerprint density at radius 2 is 2.11 bits per heavy atom. The third-order valence-electron chi connectivity index (χ3n) is 4.40. The lowest BCUT2D eigenvalue weighted by Crippen LogP contribution is -2.29. The van der Waals surface area contributed by atoms with E-state index in [0.717, 1.165) is 11.0 Å². The van der Waals surface area contributed by atoms with Gasteiger partial charge in [-0.2, -0.15) is 0 Å². The molecule has 0 saturated carbocycles. The van der Waals surface area contributed by atoms with Crippen LogP contribution in [0.15, 0.2) is 36.4 Å². The number of imidazole rings is 1. The van der Waals surface area contributed by atoms with Crippen LogP contribution in [0.2, 0.25) is 5.02 Å². The summed E-state index contributed by atoms with van der Waals surface area (Å²) in [5, 5.41) is 3.06. The largest absolute Gasteiger partial charge is 0.324 e. The number of carbonyl (C=O) groups excluding carboxylic acids is 2. The van der Waals surface area contributed by atoms with Crippen LogP contribution >= 0.6 is 11.6 Å². The van der Waals surface area contributed by atoms with Gasteiger partial charge in [0.15, 0.2) is 0 Å². The van der Waals surface area contributed by atoms with Crippen molar-refractivity contribution in [2.45, 2.75) is 6.42 Å². The third kappa shape index (κ3) is 3.23. The highest BCUT2D eigenvalue weighted by Crippen LogP contribution is 2.29. The molecule has 1 atom stereocenters. The van der Waals surface area contributed by atoms with Crippen LogP contribution in [0.5, 0.6) is 0 Å². The van der Waals surface area contributed by atoms with Crippen LogP contribution in [-0.2, 0) is 9.59 Å². The normalized spacial score (nSPS) is 16.9. The summed E-state index contributed by atoms with van der Waals surface area (Å²) in [4.78, 5) is 33.0. The summed E-state index contributed by atoms with van der Waals surface area (Å²) in [6.45, 7) is -0.00575. The maximum Gasteiger partial charge on any atom is 0.232 e. The molecule has 1 saturated heterocycles. The van der Waals surface area contributed by atoms with Crippen LogP contribution in [0.1, 0.15) is 6.42 Å². The molecule has 2 aromatic carbocycles. The van der Waals surface area contributed by atoms with E-state index >= 15 is 0 Å². The molecule has 1 aliphatic heterocycles. The van der Waals surface area contributed by atoms with E-state index in [-0.39, 0.29) is 24.6 Å². The monoisotopic (exact) mass is 390 g/mol. The van der Waals surface area contributed by atoms with Gasteiger partial charge in [-0.25, -0.2) is 13.8 Å². The number of hydrogen-bond acceptors (Lipinski definition) is 3. The number of rotatable bonds is 3. The number of anilines is 2. The molecule has 1 unspecified atom stereocenters. The number of benzene rings is 2. The molecule has 1 fully saturated rings. The number of fused-ring (bicyclic) bond motifs is 1. The van der Waals surface area contributed by atoms with E-state index in [1.807, 2.05) is 0 Å². The van der Waals surface area contributed by atoms with Crippen molar-refractivity contribution in [1.29, 1.82) is 0 Å². The third-order valence-corrected chi connectivity index (χ3v) is 4.71. The highest BCUT2D eigenvalue weighted by molar-refractivity contribution is 6.35. The Morgan fingerprint density at radius 1 is 1.30 bits per heavy atom. The first-order valence-electron chi connectivity index (χ1n) is 8.13. The smallest absolute Gasteiger partial charge is 0.232 e. The SMILES string of the molecule is O=C(Nc1nc2c(Cl)cccc2[nH]1)C1CC(=O)N(c2ccc(F)cc2F)C1. The molecule has 2 heterocycles. The second kappa shape index (κ2) is 6.62. The number of carbonyl (C=O) groups is 2. The molecule has 0 radical (unpaired) electrons. The van der Waals surface area contributed by atoms with Crippen LogP contribution in [0, 0.1) is 17.6 Å². The van der Waals surface area contributed by atoms with Crippen LogP contribution in [0.4, 0.5) is 20.4 Å². The molecule has 6 nitrogen and oxygen atoms in total. The van der Waals surface area contributed by atoms with Gasteiger partial charge < -0.3 is 9.88 Å². The predicted molar refractivity (Wildman–Crippen MR) is 96.6 cm³/mol. The van der Waals surface area contributed by atoms with E-state index in [1.165, 1.54) is 6.07 Å². The molecule has 0 bridgehead atoms. The lowest BCUT2D eigenvalue weighted by atomic mass is 10.1. The number of nitrogens with one attached hydrogen (secondary N) is 2. The second-order valence-electron chi connectivity index (χ2n) is 6.21. The zero-order valence-corrected chi connectivity index (χ0v) is 14.6. The fourth-order valence-electron chi connectivity index (χ4n) is 3.09. The Balaban J connectivity index is 1.51. The summed E-state index contributed by atoms with van der Waals surface area (Å²) in [6.07, 6.45) is -0.0797. The molecular weight excluding hydrogens is 378 g/mol. The van der Waals surface area contributed by atoms with Gasteiger partial charge >= 0.3 is 0 Å². The number of H-pyrrole nitrogens is 1. The van der Waals surface area contributed by atoms with Crippen LogP contribution in [0.25, 0.3) is 11.0 Å².